The Morgan fingerprint density at radius 3 is 2.29 bits per heavy atom. The van der Waals surface area contributed by atoms with Crippen molar-refractivity contribution in [3.05, 3.63) is 33.5 Å². The SMILES string of the molecule is OCc1c(Br)cc(F)cc1C(F)(F)F. The molecule has 6 heteroatoms. The van der Waals surface area contributed by atoms with Crippen molar-refractivity contribution in [2.75, 3.05) is 0 Å². The highest BCUT2D eigenvalue weighted by Gasteiger charge is 2.34. The Morgan fingerprint density at radius 1 is 1.29 bits per heavy atom. The van der Waals surface area contributed by atoms with Crippen molar-refractivity contribution < 1.29 is 22.7 Å². The molecule has 0 aliphatic heterocycles. The molecule has 0 saturated carbocycles. The number of halogens is 5. The molecule has 14 heavy (non-hydrogen) atoms. The van der Waals surface area contributed by atoms with E-state index in [0.29, 0.717) is 6.07 Å². The highest BCUT2D eigenvalue weighted by Crippen LogP contribution is 2.35. The van der Waals surface area contributed by atoms with E-state index in [1.165, 1.54) is 0 Å². The molecule has 0 aliphatic carbocycles. The van der Waals surface area contributed by atoms with E-state index in [4.69, 9.17) is 5.11 Å². The van der Waals surface area contributed by atoms with Gasteiger partial charge in [0.15, 0.2) is 0 Å². The lowest BCUT2D eigenvalue weighted by atomic mass is 10.1. The number of benzene rings is 1. The van der Waals surface area contributed by atoms with E-state index in [9.17, 15) is 17.6 Å². The van der Waals surface area contributed by atoms with Gasteiger partial charge < -0.3 is 5.11 Å². The van der Waals surface area contributed by atoms with Crippen molar-refractivity contribution in [1.29, 1.82) is 0 Å². The lowest BCUT2D eigenvalue weighted by Gasteiger charge is -2.12. The average Bonchev–Trinajstić information content (AvgIpc) is 2.01. The van der Waals surface area contributed by atoms with Crippen LogP contribution in [-0.4, -0.2) is 5.11 Å². The third kappa shape index (κ3) is 2.24. The molecule has 1 nitrogen and oxygen atoms in total. The predicted octanol–water partition coefficient (Wildman–Crippen LogP) is 3.10. The van der Waals surface area contributed by atoms with Gasteiger partial charge in [0.1, 0.15) is 5.82 Å². The van der Waals surface area contributed by atoms with Crippen LogP contribution in [-0.2, 0) is 12.8 Å². The maximum absolute atomic E-state index is 12.7. The van der Waals surface area contributed by atoms with Gasteiger partial charge in [0, 0.05) is 10.0 Å². The summed E-state index contributed by atoms with van der Waals surface area (Å²) in [6.07, 6.45) is -4.66. The molecule has 1 rings (SSSR count). The maximum Gasteiger partial charge on any atom is 0.416 e. The van der Waals surface area contributed by atoms with Gasteiger partial charge in [0.2, 0.25) is 0 Å². The number of hydrogen-bond donors (Lipinski definition) is 1. The molecular weight excluding hydrogens is 268 g/mol. The van der Waals surface area contributed by atoms with Gasteiger partial charge in [-0.1, -0.05) is 15.9 Å². The van der Waals surface area contributed by atoms with Crippen LogP contribution in [0, 0.1) is 5.82 Å². The monoisotopic (exact) mass is 272 g/mol. The Hall–Kier alpha value is -0.620. The molecule has 0 aliphatic rings. The zero-order valence-corrected chi connectivity index (χ0v) is 8.28. The quantitative estimate of drug-likeness (QED) is 0.779. The Kier molecular flexibility index (Phi) is 3.16. The highest BCUT2D eigenvalue weighted by molar-refractivity contribution is 9.10. The fourth-order valence-corrected chi connectivity index (χ4v) is 1.57. The standard InChI is InChI=1S/C8H5BrF4O/c9-7-2-4(10)1-6(5(7)3-14)8(11,12)13/h1-2,14H,3H2. The fraction of sp³-hybridized carbons (Fsp3) is 0.250. The minimum Gasteiger partial charge on any atom is -0.392 e. The minimum absolute atomic E-state index is 0.0904. The van der Waals surface area contributed by atoms with Gasteiger partial charge in [-0.25, -0.2) is 4.39 Å². The summed E-state index contributed by atoms with van der Waals surface area (Å²) in [5.41, 5.74) is -1.52. The van der Waals surface area contributed by atoms with Crippen molar-refractivity contribution >= 4 is 15.9 Å². The van der Waals surface area contributed by atoms with Gasteiger partial charge in [-0.3, -0.25) is 0 Å². The van der Waals surface area contributed by atoms with Crippen molar-refractivity contribution in [2.24, 2.45) is 0 Å². The third-order valence-corrected chi connectivity index (χ3v) is 2.33. The van der Waals surface area contributed by atoms with E-state index in [0.717, 1.165) is 6.07 Å². The lowest BCUT2D eigenvalue weighted by molar-refractivity contribution is -0.138. The Bertz CT molecular complexity index is 348. The molecule has 0 aromatic heterocycles. The van der Waals surface area contributed by atoms with Crippen LogP contribution >= 0.6 is 15.9 Å². The van der Waals surface area contributed by atoms with Gasteiger partial charge in [0.25, 0.3) is 0 Å². The molecular formula is C8H5BrF4O. The molecule has 0 fully saturated rings. The highest BCUT2D eigenvalue weighted by atomic mass is 79.9. The smallest absolute Gasteiger partial charge is 0.392 e. The molecule has 1 N–H and O–H groups in total. The molecule has 0 amide bonds. The molecule has 0 bridgehead atoms. The van der Waals surface area contributed by atoms with E-state index in [-0.39, 0.29) is 10.0 Å². The number of rotatable bonds is 1. The normalized spacial score (nSPS) is 11.9. The second-order valence-corrected chi connectivity index (χ2v) is 3.42. The second kappa shape index (κ2) is 3.86. The van der Waals surface area contributed by atoms with E-state index >= 15 is 0 Å². The molecule has 0 unspecified atom stereocenters. The lowest BCUT2D eigenvalue weighted by Crippen LogP contribution is -2.10. The topological polar surface area (TPSA) is 20.2 Å². The van der Waals surface area contributed by atoms with Crippen molar-refractivity contribution in [2.45, 2.75) is 12.8 Å². The third-order valence-electron chi connectivity index (χ3n) is 1.62. The van der Waals surface area contributed by atoms with Crippen LogP contribution in [0.25, 0.3) is 0 Å². The Balaban J connectivity index is 3.40. The van der Waals surface area contributed by atoms with Gasteiger partial charge in [-0.05, 0) is 12.1 Å². The largest absolute Gasteiger partial charge is 0.416 e. The number of aliphatic hydroxyl groups is 1. The number of aliphatic hydroxyl groups excluding tert-OH is 1. The van der Waals surface area contributed by atoms with Crippen LogP contribution in [0.4, 0.5) is 17.6 Å². The summed E-state index contributed by atoms with van der Waals surface area (Å²) < 4.78 is 49.5. The molecule has 0 heterocycles. The summed E-state index contributed by atoms with van der Waals surface area (Å²) in [4.78, 5) is 0. The zero-order valence-electron chi connectivity index (χ0n) is 6.70. The van der Waals surface area contributed by atoms with Gasteiger partial charge in [-0.15, -0.1) is 0 Å². The second-order valence-electron chi connectivity index (χ2n) is 2.57. The van der Waals surface area contributed by atoms with Crippen molar-refractivity contribution in [3.8, 4) is 0 Å². The van der Waals surface area contributed by atoms with Crippen molar-refractivity contribution in [1.82, 2.24) is 0 Å². The van der Waals surface area contributed by atoms with Crippen LogP contribution in [0.15, 0.2) is 16.6 Å². The van der Waals surface area contributed by atoms with E-state index in [1.54, 1.807) is 0 Å². The van der Waals surface area contributed by atoms with E-state index < -0.39 is 24.2 Å². The maximum atomic E-state index is 12.7. The number of hydrogen-bond acceptors (Lipinski definition) is 1. The molecule has 0 spiro atoms. The Morgan fingerprint density at radius 2 is 1.86 bits per heavy atom. The molecule has 1 aromatic rings. The van der Waals surface area contributed by atoms with Crippen LogP contribution in [0.3, 0.4) is 0 Å². The number of alkyl halides is 3. The van der Waals surface area contributed by atoms with Crippen LogP contribution in [0.5, 0.6) is 0 Å². The first-order valence-corrected chi connectivity index (χ1v) is 4.31. The van der Waals surface area contributed by atoms with Gasteiger partial charge in [0.05, 0.1) is 12.2 Å². The van der Waals surface area contributed by atoms with Crippen LogP contribution in [0.1, 0.15) is 11.1 Å². The van der Waals surface area contributed by atoms with Crippen molar-refractivity contribution in [3.63, 3.8) is 0 Å². The molecule has 1 aromatic carbocycles. The summed E-state index contributed by atoms with van der Waals surface area (Å²) in [7, 11) is 0. The van der Waals surface area contributed by atoms with Gasteiger partial charge >= 0.3 is 6.18 Å². The first-order valence-electron chi connectivity index (χ1n) is 3.52. The minimum atomic E-state index is -4.66. The van der Waals surface area contributed by atoms with Crippen LogP contribution in [0.2, 0.25) is 0 Å². The summed E-state index contributed by atoms with van der Waals surface area (Å²) in [6.45, 7) is -0.796. The van der Waals surface area contributed by atoms with E-state index in [1.807, 2.05) is 0 Å². The summed E-state index contributed by atoms with van der Waals surface area (Å²) in [6, 6.07) is 1.23. The fourth-order valence-electron chi connectivity index (χ4n) is 1.02. The zero-order chi connectivity index (χ0) is 10.9. The summed E-state index contributed by atoms with van der Waals surface area (Å²) >= 11 is 2.75. The first kappa shape index (κ1) is 11.5. The Labute approximate surface area is 85.5 Å². The predicted molar refractivity (Wildman–Crippen MR) is 45.0 cm³/mol. The molecule has 78 valence electrons. The van der Waals surface area contributed by atoms with E-state index in [2.05, 4.69) is 15.9 Å². The van der Waals surface area contributed by atoms with Gasteiger partial charge in [-0.2, -0.15) is 13.2 Å². The average molecular weight is 273 g/mol. The first-order chi connectivity index (χ1) is 6.36. The molecule has 0 radical (unpaired) electrons. The summed E-state index contributed by atoms with van der Waals surface area (Å²) in [5, 5.41) is 8.70. The summed E-state index contributed by atoms with van der Waals surface area (Å²) in [5.74, 6) is -0.999. The molecule has 0 atom stereocenters. The molecule has 0 saturated heterocycles. The van der Waals surface area contributed by atoms with Crippen LogP contribution < -0.4 is 0 Å².